The van der Waals surface area contributed by atoms with Gasteiger partial charge in [0, 0.05) is 13.5 Å². The van der Waals surface area contributed by atoms with Gasteiger partial charge < -0.3 is 14.2 Å². The van der Waals surface area contributed by atoms with E-state index in [-0.39, 0.29) is 6.61 Å². The van der Waals surface area contributed by atoms with Crippen molar-refractivity contribution in [2.45, 2.75) is 52.2 Å². The Hall–Kier alpha value is -1.55. The first-order valence-corrected chi connectivity index (χ1v) is 7.63. The minimum Gasteiger partial charge on any atom is -0.482 e. The van der Waals surface area contributed by atoms with Crippen LogP contribution < -0.4 is 4.74 Å². The summed E-state index contributed by atoms with van der Waals surface area (Å²) in [6.45, 7) is 4.09. The van der Waals surface area contributed by atoms with Crippen LogP contribution in [0.5, 0.6) is 5.75 Å². The van der Waals surface area contributed by atoms with E-state index in [2.05, 4.69) is 6.92 Å². The molecule has 0 radical (unpaired) electrons. The lowest BCUT2D eigenvalue weighted by Crippen LogP contribution is -2.24. The molecule has 118 valence electrons. The lowest BCUT2D eigenvalue weighted by molar-refractivity contribution is -0.176. The molecule has 1 atom stereocenters. The van der Waals surface area contributed by atoms with Gasteiger partial charge in [0.05, 0.1) is 0 Å². The summed E-state index contributed by atoms with van der Waals surface area (Å²) in [5, 5.41) is 0. The van der Waals surface area contributed by atoms with Crippen LogP contribution in [0.15, 0.2) is 24.3 Å². The number of aryl methyl sites for hydroxylation is 1. The highest BCUT2D eigenvalue weighted by Crippen LogP contribution is 2.14. The molecule has 0 aromatic heterocycles. The maximum Gasteiger partial charge on any atom is 0.346 e. The number of carbonyl (C=O) groups excluding carboxylic acids is 1. The van der Waals surface area contributed by atoms with E-state index in [0.29, 0.717) is 12.2 Å². The Balaban J connectivity index is 2.35. The predicted molar refractivity (Wildman–Crippen MR) is 82.3 cm³/mol. The van der Waals surface area contributed by atoms with Gasteiger partial charge in [-0.2, -0.15) is 0 Å². The van der Waals surface area contributed by atoms with Crippen LogP contribution >= 0.6 is 0 Å². The molecule has 0 saturated heterocycles. The molecule has 21 heavy (non-hydrogen) atoms. The van der Waals surface area contributed by atoms with Gasteiger partial charge in [0.1, 0.15) is 5.75 Å². The summed E-state index contributed by atoms with van der Waals surface area (Å²) in [5.74, 6) is 0.266. The summed E-state index contributed by atoms with van der Waals surface area (Å²) < 4.78 is 15.6. The monoisotopic (exact) mass is 294 g/mol. The second-order valence-corrected chi connectivity index (χ2v) is 4.98. The zero-order valence-electron chi connectivity index (χ0n) is 13.3. The summed E-state index contributed by atoms with van der Waals surface area (Å²) in [6, 6.07) is 7.84. The van der Waals surface area contributed by atoms with Gasteiger partial charge in [-0.1, -0.05) is 38.8 Å². The summed E-state index contributed by atoms with van der Waals surface area (Å²) in [6.07, 6.45) is 4.54. The highest BCUT2D eigenvalue weighted by molar-refractivity contribution is 5.71. The molecule has 0 amide bonds. The number of ether oxygens (including phenoxy) is 3. The van der Waals surface area contributed by atoms with Gasteiger partial charge >= 0.3 is 5.97 Å². The number of benzene rings is 1. The maximum atomic E-state index is 11.6. The van der Waals surface area contributed by atoms with E-state index in [0.717, 1.165) is 12.8 Å². The fraction of sp³-hybridized carbons (Fsp3) is 0.588. The first-order chi connectivity index (χ1) is 10.2. The topological polar surface area (TPSA) is 44.8 Å². The Morgan fingerprint density at radius 1 is 1.14 bits per heavy atom. The van der Waals surface area contributed by atoms with Crippen LogP contribution in [-0.4, -0.2) is 26.0 Å². The summed E-state index contributed by atoms with van der Waals surface area (Å²) in [7, 11) is 1.53. The van der Waals surface area contributed by atoms with Crippen molar-refractivity contribution in [2.75, 3.05) is 13.7 Å². The second-order valence-electron chi connectivity index (χ2n) is 4.98. The van der Waals surface area contributed by atoms with Crippen molar-refractivity contribution in [1.29, 1.82) is 0 Å². The third-order valence-corrected chi connectivity index (χ3v) is 3.15. The summed E-state index contributed by atoms with van der Waals surface area (Å²) in [5.41, 5.74) is 1.29. The molecule has 4 nitrogen and oxygen atoms in total. The van der Waals surface area contributed by atoms with Crippen molar-refractivity contribution in [3.8, 4) is 5.75 Å². The number of hydrogen-bond donors (Lipinski definition) is 0. The fourth-order valence-electron chi connectivity index (χ4n) is 1.92. The predicted octanol–water partition coefficient (Wildman–Crippen LogP) is 3.72. The Bertz CT molecular complexity index is 400. The van der Waals surface area contributed by atoms with E-state index in [1.807, 2.05) is 31.2 Å². The van der Waals surface area contributed by atoms with E-state index in [1.165, 1.54) is 25.5 Å². The minimum atomic E-state index is -0.484. The lowest BCUT2D eigenvalue weighted by atomic mass is 10.1. The van der Waals surface area contributed by atoms with Crippen molar-refractivity contribution in [3.63, 3.8) is 0 Å². The molecule has 0 saturated carbocycles. The molecule has 1 unspecified atom stereocenters. The van der Waals surface area contributed by atoms with E-state index < -0.39 is 12.3 Å². The van der Waals surface area contributed by atoms with E-state index in [4.69, 9.17) is 14.2 Å². The van der Waals surface area contributed by atoms with Crippen molar-refractivity contribution in [3.05, 3.63) is 29.8 Å². The number of methoxy groups -OCH3 is 1. The molecule has 0 aliphatic carbocycles. The average molecular weight is 294 g/mol. The average Bonchev–Trinajstić information content (AvgIpc) is 2.51. The van der Waals surface area contributed by atoms with Crippen molar-refractivity contribution >= 4 is 5.97 Å². The molecule has 1 aromatic rings. The summed E-state index contributed by atoms with van der Waals surface area (Å²) in [4.78, 5) is 11.6. The van der Waals surface area contributed by atoms with Gasteiger partial charge in [0.2, 0.25) is 6.29 Å². The van der Waals surface area contributed by atoms with Crippen LogP contribution in [0, 0.1) is 0 Å². The Morgan fingerprint density at radius 3 is 2.43 bits per heavy atom. The zero-order valence-corrected chi connectivity index (χ0v) is 13.3. The molecule has 0 heterocycles. The fourth-order valence-corrected chi connectivity index (χ4v) is 1.92. The standard InChI is InChI=1S/C17H26O4/c1-4-6-8-14-9-11-15(12-10-14)20-13-16(18)21-17(19-3)7-5-2/h9-12,17H,4-8,13H2,1-3H3. The van der Waals surface area contributed by atoms with Crippen LogP contribution in [0.25, 0.3) is 0 Å². The molecule has 0 fully saturated rings. The number of hydrogen-bond acceptors (Lipinski definition) is 4. The largest absolute Gasteiger partial charge is 0.482 e. The van der Waals surface area contributed by atoms with Crippen LogP contribution in [0.2, 0.25) is 0 Å². The number of carbonyl (C=O) groups is 1. The zero-order chi connectivity index (χ0) is 15.5. The first-order valence-electron chi connectivity index (χ1n) is 7.63. The number of unbranched alkanes of at least 4 members (excludes halogenated alkanes) is 1. The van der Waals surface area contributed by atoms with Gasteiger partial charge in [0.25, 0.3) is 0 Å². The van der Waals surface area contributed by atoms with Crippen LogP contribution in [-0.2, 0) is 20.7 Å². The number of esters is 1. The van der Waals surface area contributed by atoms with Gasteiger partial charge in [-0.3, -0.25) is 0 Å². The van der Waals surface area contributed by atoms with E-state index in [1.54, 1.807) is 0 Å². The molecule has 0 bridgehead atoms. The van der Waals surface area contributed by atoms with Crippen molar-refractivity contribution in [1.82, 2.24) is 0 Å². The molecule has 1 aromatic carbocycles. The van der Waals surface area contributed by atoms with Gasteiger partial charge in [0.15, 0.2) is 6.61 Å². The molecule has 0 N–H and O–H groups in total. The van der Waals surface area contributed by atoms with Crippen molar-refractivity contribution in [2.24, 2.45) is 0 Å². The van der Waals surface area contributed by atoms with Crippen molar-refractivity contribution < 1.29 is 19.0 Å². The third-order valence-electron chi connectivity index (χ3n) is 3.15. The van der Waals surface area contributed by atoms with Crippen LogP contribution in [0.4, 0.5) is 0 Å². The normalized spacial score (nSPS) is 12.0. The Morgan fingerprint density at radius 2 is 1.86 bits per heavy atom. The Kier molecular flexibility index (Phi) is 8.51. The van der Waals surface area contributed by atoms with Gasteiger partial charge in [-0.15, -0.1) is 0 Å². The summed E-state index contributed by atoms with van der Waals surface area (Å²) >= 11 is 0. The molecule has 0 spiro atoms. The SMILES string of the molecule is CCCCc1ccc(OCC(=O)OC(CCC)OC)cc1. The van der Waals surface area contributed by atoms with E-state index >= 15 is 0 Å². The van der Waals surface area contributed by atoms with E-state index in [9.17, 15) is 4.79 Å². The molecule has 4 heteroatoms. The maximum absolute atomic E-state index is 11.6. The molecular formula is C17H26O4. The van der Waals surface area contributed by atoms with Gasteiger partial charge in [-0.05, 0) is 30.5 Å². The Labute approximate surface area is 127 Å². The van der Waals surface area contributed by atoms with Gasteiger partial charge in [-0.25, -0.2) is 4.79 Å². The highest BCUT2D eigenvalue weighted by Gasteiger charge is 2.13. The first kappa shape index (κ1) is 17.5. The smallest absolute Gasteiger partial charge is 0.346 e. The lowest BCUT2D eigenvalue weighted by Gasteiger charge is -2.15. The van der Waals surface area contributed by atoms with Crippen LogP contribution in [0.3, 0.4) is 0 Å². The minimum absolute atomic E-state index is 0.0993. The van der Waals surface area contributed by atoms with Crippen LogP contribution in [0.1, 0.15) is 45.1 Å². The quantitative estimate of drug-likeness (QED) is 0.487. The molecule has 0 aliphatic rings. The molecule has 0 aliphatic heterocycles. The number of rotatable bonds is 10. The second kappa shape index (κ2) is 10.2. The molecular weight excluding hydrogens is 268 g/mol. The molecule has 1 rings (SSSR count). The third kappa shape index (κ3) is 7.14. The highest BCUT2D eigenvalue weighted by atomic mass is 16.7.